The minimum atomic E-state index is -3.15. The molecular formula is C11H11ClN2O3S. The van der Waals surface area contributed by atoms with Crippen LogP contribution in [0.1, 0.15) is 12.7 Å². The molecule has 0 spiro atoms. The summed E-state index contributed by atoms with van der Waals surface area (Å²) in [4.78, 5) is 4.04. The third-order valence-corrected chi connectivity index (χ3v) is 4.18. The molecule has 1 aromatic heterocycles. The second-order valence-electron chi connectivity index (χ2n) is 3.70. The molecule has 1 aromatic carbocycles. The minimum absolute atomic E-state index is 0.0534. The average molecular weight is 287 g/mol. The molecule has 7 heteroatoms. The van der Waals surface area contributed by atoms with Crippen LogP contribution in [0, 0.1) is 0 Å². The number of nitrogens with zero attached hydrogens (tertiary/aromatic N) is 2. The summed E-state index contributed by atoms with van der Waals surface area (Å²) in [5.41, 5.74) is 0.701. The third kappa shape index (κ3) is 3.08. The van der Waals surface area contributed by atoms with Gasteiger partial charge in [0.25, 0.3) is 5.89 Å². The molecule has 0 saturated carbocycles. The molecule has 5 nitrogen and oxygen atoms in total. The largest absolute Gasteiger partial charge is 0.334 e. The Labute approximate surface area is 110 Å². The molecule has 96 valence electrons. The Kier molecular flexibility index (Phi) is 3.68. The maximum atomic E-state index is 11.4. The van der Waals surface area contributed by atoms with Gasteiger partial charge >= 0.3 is 0 Å². The molecule has 1 heterocycles. The Morgan fingerprint density at radius 1 is 1.28 bits per heavy atom. The first-order valence-electron chi connectivity index (χ1n) is 5.29. The van der Waals surface area contributed by atoms with Crippen LogP contribution in [0.5, 0.6) is 0 Å². The summed E-state index contributed by atoms with van der Waals surface area (Å²) in [7, 11) is -3.15. The lowest BCUT2D eigenvalue weighted by Crippen LogP contribution is -2.07. The maximum Gasteiger partial charge on any atom is 0.257 e. The zero-order valence-electron chi connectivity index (χ0n) is 9.63. The van der Waals surface area contributed by atoms with Crippen LogP contribution in [0.15, 0.2) is 28.8 Å². The Morgan fingerprint density at radius 3 is 2.56 bits per heavy atom. The zero-order valence-corrected chi connectivity index (χ0v) is 11.2. The SMILES string of the molecule is CCS(=O)(=O)Cc1noc(-c2ccc(Cl)cc2)n1. The van der Waals surface area contributed by atoms with Crippen molar-refractivity contribution >= 4 is 21.4 Å². The van der Waals surface area contributed by atoms with Gasteiger partial charge in [-0.25, -0.2) is 8.42 Å². The molecule has 0 aliphatic heterocycles. The number of halogens is 1. The zero-order chi connectivity index (χ0) is 13.2. The molecule has 2 rings (SSSR count). The number of sulfone groups is 1. The Bertz CT molecular complexity index is 635. The monoisotopic (exact) mass is 286 g/mol. The van der Waals surface area contributed by atoms with Crippen molar-refractivity contribution in [3.63, 3.8) is 0 Å². The van der Waals surface area contributed by atoms with Crippen molar-refractivity contribution in [3.05, 3.63) is 35.1 Å². The fraction of sp³-hybridized carbons (Fsp3) is 0.273. The summed E-state index contributed by atoms with van der Waals surface area (Å²) in [6.07, 6.45) is 0. The van der Waals surface area contributed by atoms with E-state index in [1.165, 1.54) is 0 Å². The topological polar surface area (TPSA) is 73.1 Å². The predicted molar refractivity (Wildman–Crippen MR) is 67.9 cm³/mol. The number of benzene rings is 1. The van der Waals surface area contributed by atoms with E-state index < -0.39 is 9.84 Å². The molecule has 0 saturated heterocycles. The fourth-order valence-electron chi connectivity index (χ4n) is 1.32. The lowest BCUT2D eigenvalue weighted by Gasteiger charge is -1.94. The standard InChI is InChI=1S/C11H11ClN2O3S/c1-2-18(15,16)7-10-13-11(17-14-10)8-3-5-9(12)6-4-8/h3-6H,2,7H2,1H3. The van der Waals surface area contributed by atoms with Gasteiger partial charge in [0.2, 0.25) is 0 Å². The van der Waals surface area contributed by atoms with Gasteiger partial charge in [0, 0.05) is 16.3 Å². The first kappa shape index (κ1) is 13.0. The molecule has 0 fully saturated rings. The first-order chi connectivity index (χ1) is 8.50. The highest BCUT2D eigenvalue weighted by molar-refractivity contribution is 7.90. The Balaban J connectivity index is 2.23. The molecule has 0 amide bonds. The summed E-state index contributed by atoms with van der Waals surface area (Å²) >= 11 is 5.76. The van der Waals surface area contributed by atoms with Crippen LogP contribution in [0.3, 0.4) is 0 Å². The van der Waals surface area contributed by atoms with Crippen LogP contribution in [0.2, 0.25) is 5.02 Å². The maximum absolute atomic E-state index is 11.4. The second-order valence-corrected chi connectivity index (χ2v) is 6.49. The highest BCUT2D eigenvalue weighted by atomic mass is 35.5. The predicted octanol–water partition coefficient (Wildman–Crippen LogP) is 2.32. The van der Waals surface area contributed by atoms with E-state index in [9.17, 15) is 8.42 Å². The molecule has 0 atom stereocenters. The third-order valence-electron chi connectivity index (χ3n) is 2.35. The van der Waals surface area contributed by atoms with Crippen molar-refractivity contribution in [2.75, 3.05) is 5.75 Å². The van der Waals surface area contributed by atoms with Crippen molar-refractivity contribution in [1.82, 2.24) is 10.1 Å². The van der Waals surface area contributed by atoms with Gasteiger partial charge in [-0.1, -0.05) is 23.7 Å². The Hall–Kier alpha value is -1.40. The molecule has 0 radical (unpaired) electrons. The molecule has 0 N–H and O–H groups in total. The highest BCUT2D eigenvalue weighted by Gasteiger charge is 2.15. The van der Waals surface area contributed by atoms with Gasteiger partial charge in [-0.15, -0.1) is 0 Å². The minimum Gasteiger partial charge on any atom is -0.334 e. The molecule has 18 heavy (non-hydrogen) atoms. The number of hydrogen-bond donors (Lipinski definition) is 0. The molecule has 0 aliphatic carbocycles. The van der Waals surface area contributed by atoms with Crippen LogP contribution in [-0.4, -0.2) is 24.3 Å². The lowest BCUT2D eigenvalue weighted by molar-refractivity contribution is 0.424. The van der Waals surface area contributed by atoms with Gasteiger partial charge < -0.3 is 4.52 Å². The van der Waals surface area contributed by atoms with E-state index in [4.69, 9.17) is 16.1 Å². The van der Waals surface area contributed by atoms with E-state index in [1.807, 2.05) is 0 Å². The van der Waals surface area contributed by atoms with Crippen molar-refractivity contribution < 1.29 is 12.9 Å². The van der Waals surface area contributed by atoms with Crippen LogP contribution in [0.25, 0.3) is 11.5 Å². The molecule has 0 aliphatic rings. The van der Waals surface area contributed by atoms with Crippen LogP contribution >= 0.6 is 11.6 Å². The molecule has 2 aromatic rings. The van der Waals surface area contributed by atoms with Gasteiger partial charge in [0.1, 0.15) is 5.75 Å². The van der Waals surface area contributed by atoms with Crippen molar-refractivity contribution in [1.29, 1.82) is 0 Å². The van der Waals surface area contributed by atoms with E-state index in [0.29, 0.717) is 10.6 Å². The first-order valence-corrected chi connectivity index (χ1v) is 7.49. The van der Waals surface area contributed by atoms with Crippen LogP contribution < -0.4 is 0 Å². The molecular weight excluding hydrogens is 276 g/mol. The molecule has 0 unspecified atom stereocenters. The normalized spacial score (nSPS) is 11.7. The second kappa shape index (κ2) is 5.07. The van der Waals surface area contributed by atoms with Crippen LogP contribution in [0.4, 0.5) is 0 Å². The number of aromatic nitrogens is 2. The van der Waals surface area contributed by atoms with Gasteiger partial charge in [-0.2, -0.15) is 4.98 Å². The van der Waals surface area contributed by atoms with E-state index in [0.717, 1.165) is 0 Å². The van der Waals surface area contributed by atoms with Crippen molar-refractivity contribution in [2.24, 2.45) is 0 Å². The van der Waals surface area contributed by atoms with Crippen molar-refractivity contribution in [3.8, 4) is 11.5 Å². The van der Waals surface area contributed by atoms with Crippen LogP contribution in [-0.2, 0) is 15.6 Å². The van der Waals surface area contributed by atoms with Gasteiger partial charge in [0.15, 0.2) is 15.7 Å². The van der Waals surface area contributed by atoms with E-state index >= 15 is 0 Å². The van der Waals surface area contributed by atoms with E-state index in [-0.39, 0.29) is 23.2 Å². The Morgan fingerprint density at radius 2 is 1.94 bits per heavy atom. The van der Waals surface area contributed by atoms with Gasteiger partial charge in [-0.3, -0.25) is 0 Å². The summed E-state index contributed by atoms with van der Waals surface area (Å²) in [5.74, 6) is 0.299. The summed E-state index contributed by atoms with van der Waals surface area (Å²) in [5, 5.41) is 4.25. The quantitative estimate of drug-likeness (QED) is 0.862. The smallest absolute Gasteiger partial charge is 0.257 e. The number of rotatable bonds is 4. The van der Waals surface area contributed by atoms with E-state index in [1.54, 1.807) is 31.2 Å². The van der Waals surface area contributed by atoms with Gasteiger partial charge in [-0.05, 0) is 24.3 Å². The lowest BCUT2D eigenvalue weighted by atomic mass is 10.2. The number of hydrogen-bond acceptors (Lipinski definition) is 5. The van der Waals surface area contributed by atoms with Crippen molar-refractivity contribution in [2.45, 2.75) is 12.7 Å². The average Bonchev–Trinajstić information content (AvgIpc) is 2.78. The van der Waals surface area contributed by atoms with Gasteiger partial charge in [0.05, 0.1) is 0 Å². The molecule has 0 bridgehead atoms. The summed E-state index contributed by atoms with van der Waals surface area (Å²) in [6, 6.07) is 6.86. The highest BCUT2D eigenvalue weighted by Crippen LogP contribution is 2.20. The summed E-state index contributed by atoms with van der Waals surface area (Å²) in [6.45, 7) is 1.58. The van der Waals surface area contributed by atoms with E-state index in [2.05, 4.69) is 10.1 Å². The fourth-order valence-corrected chi connectivity index (χ4v) is 2.16. The summed E-state index contributed by atoms with van der Waals surface area (Å²) < 4.78 is 27.9.